The van der Waals surface area contributed by atoms with Crippen LogP contribution in [0.4, 0.5) is 0 Å². The summed E-state index contributed by atoms with van der Waals surface area (Å²) in [6, 6.07) is 0. The normalized spacial score (nSPS) is 24.0. The van der Waals surface area contributed by atoms with Crippen LogP contribution in [-0.2, 0) is 4.74 Å². The quantitative estimate of drug-likeness (QED) is 0.753. The second-order valence-corrected chi connectivity index (χ2v) is 5.32. The van der Waals surface area contributed by atoms with Gasteiger partial charge < -0.3 is 15.4 Å². The van der Waals surface area contributed by atoms with Crippen LogP contribution in [0, 0.1) is 5.41 Å². The Kier molecular flexibility index (Phi) is 5.03. The minimum absolute atomic E-state index is 0.212. The van der Waals surface area contributed by atoms with Gasteiger partial charge in [0.15, 0.2) is 0 Å². The van der Waals surface area contributed by atoms with E-state index in [0.29, 0.717) is 12.0 Å². The van der Waals surface area contributed by atoms with E-state index in [1.54, 1.807) is 0 Å². The summed E-state index contributed by atoms with van der Waals surface area (Å²) < 4.78 is 5.60. The van der Waals surface area contributed by atoms with Crippen molar-refractivity contribution in [3.8, 4) is 0 Å². The van der Waals surface area contributed by atoms with E-state index in [2.05, 4.69) is 18.7 Å². The van der Waals surface area contributed by atoms with Crippen LogP contribution in [0.3, 0.4) is 0 Å². The van der Waals surface area contributed by atoms with Crippen molar-refractivity contribution in [2.45, 2.75) is 39.7 Å². The summed E-state index contributed by atoms with van der Waals surface area (Å²) in [6.07, 6.45) is 2.85. The van der Waals surface area contributed by atoms with Gasteiger partial charge in [-0.15, -0.1) is 0 Å². The highest BCUT2D eigenvalue weighted by atomic mass is 16.5. The van der Waals surface area contributed by atoms with Crippen molar-refractivity contribution in [3.63, 3.8) is 0 Å². The van der Waals surface area contributed by atoms with Crippen molar-refractivity contribution < 1.29 is 4.74 Å². The largest absolute Gasteiger partial charge is 0.376 e. The minimum Gasteiger partial charge on any atom is -0.376 e. The number of nitrogens with zero attached hydrogens (tertiary/aromatic N) is 1. The second-order valence-electron chi connectivity index (χ2n) is 5.32. The third kappa shape index (κ3) is 4.49. The van der Waals surface area contributed by atoms with E-state index in [4.69, 9.17) is 10.5 Å². The average molecular weight is 214 g/mol. The molecule has 3 heteroatoms. The predicted octanol–water partition coefficient (Wildman–Crippen LogP) is 1.47. The lowest BCUT2D eigenvalue weighted by atomic mass is 9.84. The molecule has 1 aliphatic heterocycles. The molecule has 0 aliphatic carbocycles. The van der Waals surface area contributed by atoms with Crippen LogP contribution < -0.4 is 5.73 Å². The summed E-state index contributed by atoms with van der Waals surface area (Å²) >= 11 is 0. The van der Waals surface area contributed by atoms with E-state index >= 15 is 0 Å². The van der Waals surface area contributed by atoms with Gasteiger partial charge in [0.25, 0.3) is 0 Å². The van der Waals surface area contributed by atoms with Crippen LogP contribution in [0.1, 0.15) is 33.6 Å². The van der Waals surface area contributed by atoms with Gasteiger partial charge in [-0.2, -0.15) is 0 Å². The third-order valence-electron chi connectivity index (χ3n) is 3.11. The number of nitrogens with two attached hydrogens (primary N) is 1. The summed E-state index contributed by atoms with van der Waals surface area (Å²) in [7, 11) is 0. The van der Waals surface area contributed by atoms with Crippen molar-refractivity contribution in [2.24, 2.45) is 11.1 Å². The Bertz CT molecular complexity index is 182. The molecule has 1 saturated heterocycles. The fourth-order valence-electron chi connectivity index (χ4n) is 2.42. The maximum absolute atomic E-state index is 5.69. The molecule has 2 N–H and O–H groups in total. The number of rotatable bonds is 5. The van der Waals surface area contributed by atoms with E-state index in [-0.39, 0.29) is 6.10 Å². The van der Waals surface area contributed by atoms with Crippen molar-refractivity contribution in [1.82, 2.24) is 4.90 Å². The zero-order valence-corrected chi connectivity index (χ0v) is 10.5. The fourth-order valence-corrected chi connectivity index (χ4v) is 2.42. The molecule has 1 unspecified atom stereocenters. The number of hydrogen-bond donors (Lipinski definition) is 1. The maximum atomic E-state index is 5.69. The summed E-state index contributed by atoms with van der Waals surface area (Å²) in [5.41, 5.74) is 6.15. The number of piperidine rings is 1. The SMILES string of the molecule is CCOC(CN)CN1CCCC(C)(C)C1. The Balaban J connectivity index is 2.36. The van der Waals surface area contributed by atoms with Gasteiger partial charge in [0.2, 0.25) is 0 Å². The Labute approximate surface area is 94.0 Å². The van der Waals surface area contributed by atoms with Gasteiger partial charge >= 0.3 is 0 Å². The zero-order chi connectivity index (χ0) is 11.3. The van der Waals surface area contributed by atoms with Crippen molar-refractivity contribution >= 4 is 0 Å². The molecule has 15 heavy (non-hydrogen) atoms. The van der Waals surface area contributed by atoms with Crippen LogP contribution in [0.5, 0.6) is 0 Å². The smallest absolute Gasteiger partial charge is 0.0823 e. The number of likely N-dealkylation sites (tertiary alicyclic amines) is 1. The maximum Gasteiger partial charge on any atom is 0.0823 e. The van der Waals surface area contributed by atoms with Crippen LogP contribution in [-0.4, -0.2) is 43.8 Å². The van der Waals surface area contributed by atoms with Gasteiger partial charge in [-0.25, -0.2) is 0 Å². The Morgan fingerprint density at radius 1 is 1.47 bits per heavy atom. The van der Waals surface area contributed by atoms with E-state index in [0.717, 1.165) is 13.2 Å². The monoisotopic (exact) mass is 214 g/mol. The molecule has 90 valence electrons. The molecule has 1 fully saturated rings. The van der Waals surface area contributed by atoms with E-state index in [9.17, 15) is 0 Å². The van der Waals surface area contributed by atoms with Gasteiger partial charge in [0.05, 0.1) is 6.10 Å². The standard InChI is InChI=1S/C12H26N2O/c1-4-15-11(8-13)9-14-7-5-6-12(2,3)10-14/h11H,4-10,13H2,1-3H3. The van der Waals surface area contributed by atoms with E-state index in [1.165, 1.54) is 25.9 Å². The lowest BCUT2D eigenvalue weighted by Crippen LogP contribution is -2.45. The summed E-state index contributed by atoms with van der Waals surface area (Å²) in [4.78, 5) is 2.50. The highest BCUT2D eigenvalue weighted by molar-refractivity contribution is 4.81. The zero-order valence-electron chi connectivity index (χ0n) is 10.5. The molecule has 0 amide bonds. The molecular weight excluding hydrogens is 188 g/mol. The lowest BCUT2D eigenvalue weighted by molar-refractivity contribution is 0.0172. The first-order valence-electron chi connectivity index (χ1n) is 6.11. The lowest BCUT2D eigenvalue weighted by Gasteiger charge is -2.39. The van der Waals surface area contributed by atoms with Gasteiger partial charge in [-0.1, -0.05) is 13.8 Å². The van der Waals surface area contributed by atoms with Crippen LogP contribution in [0.25, 0.3) is 0 Å². The van der Waals surface area contributed by atoms with E-state index in [1.807, 2.05) is 6.92 Å². The summed E-state index contributed by atoms with van der Waals surface area (Å²) in [6.45, 7) is 11.5. The number of hydrogen-bond acceptors (Lipinski definition) is 3. The second kappa shape index (κ2) is 5.83. The van der Waals surface area contributed by atoms with Gasteiger partial charge in [0, 0.05) is 26.2 Å². The van der Waals surface area contributed by atoms with Crippen molar-refractivity contribution in [1.29, 1.82) is 0 Å². The molecule has 0 radical (unpaired) electrons. The average Bonchev–Trinajstić information content (AvgIpc) is 2.15. The summed E-state index contributed by atoms with van der Waals surface area (Å²) in [5, 5.41) is 0. The highest BCUT2D eigenvalue weighted by Gasteiger charge is 2.27. The third-order valence-corrected chi connectivity index (χ3v) is 3.11. The number of ether oxygens (including phenoxy) is 1. The molecule has 1 rings (SSSR count). The summed E-state index contributed by atoms with van der Waals surface area (Å²) in [5.74, 6) is 0. The molecule has 3 nitrogen and oxygen atoms in total. The predicted molar refractivity (Wildman–Crippen MR) is 63.9 cm³/mol. The molecule has 0 aromatic carbocycles. The molecule has 0 aromatic heterocycles. The van der Waals surface area contributed by atoms with Gasteiger partial charge in [-0.05, 0) is 31.7 Å². The molecule has 0 bridgehead atoms. The molecule has 1 aliphatic rings. The fraction of sp³-hybridized carbons (Fsp3) is 1.00. The molecule has 1 heterocycles. The van der Waals surface area contributed by atoms with Crippen molar-refractivity contribution in [3.05, 3.63) is 0 Å². The Morgan fingerprint density at radius 3 is 2.73 bits per heavy atom. The first-order chi connectivity index (χ1) is 7.07. The first-order valence-corrected chi connectivity index (χ1v) is 6.11. The Morgan fingerprint density at radius 2 is 2.20 bits per heavy atom. The molecule has 0 spiro atoms. The Hall–Kier alpha value is -0.120. The first kappa shape index (κ1) is 12.9. The van der Waals surface area contributed by atoms with Gasteiger partial charge in [0.1, 0.15) is 0 Å². The molecule has 0 aromatic rings. The molecular formula is C12H26N2O. The van der Waals surface area contributed by atoms with Crippen LogP contribution in [0.15, 0.2) is 0 Å². The highest BCUT2D eigenvalue weighted by Crippen LogP contribution is 2.28. The topological polar surface area (TPSA) is 38.5 Å². The van der Waals surface area contributed by atoms with E-state index < -0.39 is 0 Å². The van der Waals surface area contributed by atoms with Gasteiger partial charge in [-0.3, -0.25) is 0 Å². The van der Waals surface area contributed by atoms with Crippen LogP contribution >= 0.6 is 0 Å². The van der Waals surface area contributed by atoms with Crippen molar-refractivity contribution in [2.75, 3.05) is 32.8 Å². The minimum atomic E-state index is 0.212. The molecule has 0 saturated carbocycles. The molecule has 1 atom stereocenters. The van der Waals surface area contributed by atoms with Crippen LogP contribution in [0.2, 0.25) is 0 Å².